The first-order chi connectivity index (χ1) is 15.8. The van der Waals surface area contributed by atoms with E-state index in [1.165, 1.54) is 0 Å². The molecule has 1 aliphatic heterocycles. The second-order valence-electron chi connectivity index (χ2n) is 9.39. The summed E-state index contributed by atoms with van der Waals surface area (Å²) >= 11 is 0. The van der Waals surface area contributed by atoms with Crippen LogP contribution in [0.3, 0.4) is 0 Å². The predicted molar refractivity (Wildman–Crippen MR) is 133 cm³/mol. The average molecular weight is 453 g/mol. The van der Waals surface area contributed by atoms with Crippen molar-refractivity contribution in [2.24, 2.45) is 5.92 Å². The van der Waals surface area contributed by atoms with Gasteiger partial charge in [0.2, 0.25) is 0 Å². The van der Waals surface area contributed by atoms with Crippen LogP contribution in [0.1, 0.15) is 50.3 Å². The largest absolute Gasteiger partial charge is 0.391 e. The molecule has 0 aliphatic carbocycles. The molecular weight excluding hydrogens is 416 g/mol. The Labute approximate surface area is 195 Å². The maximum atomic E-state index is 10.3. The fourth-order valence-corrected chi connectivity index (χ4v) is 4.37. The summed E-state index contributed by atoms with van der Waals surface area (Å²) in [5, 5.41) is 25.3. The molecule has 1 fully saturated rings. The fourth-order valence-electron chi connectivity index (χ4n) is 4.37. The van der Waals surface area contributed by atoms with Crippen LogP contribution in [-0.2, 0) is 0 Å². The van der Waals surface area contributed by atoms with Crippen LogP contribution in [-0.4, -0.2) is 64.5 Å². The van der Waals surface area contributed by atoms with Gasteiger partial charge in [-0.3, -0.25) is 0 Å². The van der Waals surface area contributed by atoms with Gasteiger partial charge in [-0.25, -0.2) is 9.97 Å². The highest BCUT2D eigenvalue weighted by atomic mass is 16.3. The monoisotopic (exact) mass is 452 g/mol. The Morgan fingerprint density at radius 2 is 2.09 bits per heavy atom. The van der Waals surface area contributed by atoms with Crippen molar-refractivity contribution in [3.8, 4) is 0 Å². The normalized spacial score (nSPS) is 19.6. The quantitative estimate of drug-likeness (QED) is 0.414. The zero-order valence-electron chi connectivity index (χ0n) is 20.2. The zero-order chi connectivity index (χ0) is 23.5. The molecular formula is C24H36N8O. The van der Waals surface area contributed by atoms with Crippen LogP contribution in [0, 0.1) is 5.92 Å². The maximum Gasteiger partial charge on any atom is 0.163 e. The number of pyridine rings is 1. The van der Waals surface area contributed by atoms with Crippen molar-refractivity contribution in [2.75, 3.05) is 49.3 Å². The van der Waals surface area contributed by atoms with Gasteiger partial charge in [-0.2, -0.15) is 9.61 Å². The third-order valence-corrected chi connectivity index (χ3v) is 6.33. The third kappa shape index (κ3) is 5.04. The number of aromatic nitrogens is 4. The van der Waals surface area contributed by atoms with Crippen LogP contribution < -0.4 is 20.9 Å². The topological polar surface area (TPSA) is 103 Å². The van der Waals surface area contributed by atoms with Crippen LogP contribution in [0.25, 0.3) is 5.65 Å². The standard InChI is InChI=1S/C24H36N8O/c1-15(2)19-13-28-32-22(29-16(3)18-7-6-9-26-23(18)31(4)5)11-21(30-24(19)32)27-12-17-8-10-25-14-20(17)33/h6-7,9,11,13,15-17,20,25,29,33H,8,10,12,14H2,1-5H3,(H,27,30)/t16-,17+,20-/m0/s1. The third-order valence-electron chi connectivity index (χ3n) is 6.33. The Bertz CT molecular complexity index is 1080. The van der Waals surface area contributed by atoms with Crippen molar-refractivity contribution in [3.63, 3.8) is 0 Å². The first kappa shape index (κ1) is 23.3. The number of nitrogens with zero attached hydrogens (tertiary/aromatic N) is 5. The van der Waals surface area contributed by atoms with E-state index < -0.39 is 0 Å². The van der Waals surface area contributed by atoms with Gasteiger partial charge in [0.05, 0.1) is 18.3 Å². The van der Waals surface area contributed by atoms with Crippen molar-refractivity contribution >= 4 is 23.1 Å². The molecule has 3 aromatic rings. The zero-order valence-corrected chi connectivity index (χ0v) is 20.2. The fraction of sp³-hybridized carbons (Fsp3) is 0.542. The molecule has 0 amide bonds. The van der Waals surface area contributed by atoms with Crippen molar-refractivity contribution < 1.29 is 5.11 Å². The van der Waals surface area contributed by atoms with Gasteiger partial charge in [0.25, 0.3) is 0 Å². The number of hydrogen-bond donors (Lipinski definition) is 4. The molecule has 4 rings (SSSR count). The lowest BCUT2D eigenvalue weighted by Crippen LogP contribution is -2.43. The lowest BCUT2D eigenvalue weighted by molar-refractivity contribution is 0.0883. The molecule has 9 heteroatoms. The van der Waals surface area contributed by atoms with Gasteiger partial charge >= 0.3 is 0 Å². The number of aliphatic hydroxyl groups excluding tert-OH is 1. The lowest BCUT2D eigenvalue weighted by atomic mass is 9.95. The van der Waals surface area contributed by atoms with Gasteiger partial charge < -0.3 is 26.0 Å². The van der Waals surface area contributed by atoms with Crippen LogP contribution in [0.15, 0.2) is 30.6 Å². The molecule has 0 aromatic carbocycles. The van der Waals surface area contributed by atoms with Gasteiger partial charge in [-0.1, -0.05) is 19.9 Å². The van der Waals surface area contributed by atoms with E-state index in [-0.39, 0.29) is 18.1 Å². The van der Waals surface area contributed by atoms with Gasteiger partial charge in [0.15, 0.2) is 5.65 Å². The van der Waals surface area contributed by atoms with Gasteiger partial charge in [-0.15, -0.1) is 0 Å². The second-order valence-corrected chi connectivity index (χ2v) is 9.39. The molecule has 33 heavy (non-hydrogen) atoms. The predicted octanol–water partition coefficient (Wildman–Crippen LogP) is 2.87. The summed E-state index contributed by atoms with van der Waals surface area (Å²) in [5.41, 5.74) is 3.05. The van der Waals surface area contributed by atoms with E-state index in [4.69, 9.17) is 4.98 Å². The molecule has 3 atom stereocenters. The summed E-state index contributed by atoms with van der Waals surface area (Å²) in [4.78, 5) is 11.5. The average Bonchev–Trinajstić information content (AvgIpc) is 3.23. The summed E-state index contributed by atoms with van der Waals surface area (Å²) < 4.78 is 1.88. The number of hydrogen-bond acceptors (Lipinski definition) is 8. The highest BCUT2D eigenvalue weighted by molar-refractivity contribution is 5.62. The van der Waals surface area contributed by atoms with Crippen molar-refractivity contribution in [3.05, 3.63) is 41.7 Å². The molecule has 0 bridgehead atoms. The number of anilines is 3. The Hall–Kier alpha value is -2.91. The highest BCUT2D eigenvalue weighted by Crippen LogP contribution is 2.29. The van der Waals surface area contributed by atoms with Crippen molar-refractivity contribution in [2.45, 2.75) is 45.3 Å². The minimum atomic E-state index is -0.344. The van der Waals surface area contributed by atoms with E-state index in [2.05, 4.69) is 52.9 Å². The number of aliphatic hydroxyl groups is 1. The molecule has 4 heterocycles. The summed E-state index contributed by atoms with van der Waals surface area (Å²) in [7, 11) is 4.01. The lowest BCUT2D eigenvalue weighted by Gasteiger charge is -2.28. The molecule has 1 aliphatic rings. The summed E-state index contributed by atoms with van der Waals surface area (Å²) in [6.45, 7) is 8.68. The maximum absolute atomic E-state index is 10.3. The van der Waals surface area contributed by atoms with Crippen LogP contribution in [0.2, 0.25) is 0 Å². The van der Waals surface area contributed by atoms with Gasteiger partial charge in [0, 0.05) is 56.5 Å². The van der Waals surface area contributed by atoms with E-state index in [0.717, 1.165) is 47.2 Å². The summed E-state index contributed by atoms with van der Waals surface area (Å²) in [6.07, 6.45) is 4.31. The Morgan fingerprint density at radius 3 is 2.82 bits per heavy atom. The molecule has 178 valence electrons. The number of β-amino-alcohol motifs (C(OH)–C–C–N with tert-alkyl or cyclic N) is 1. The van der Waals surface area contributed by atoms with E-state index in [1.54, 1.807) is 0 Å². The number of fused-ring (bicyclic) bond motifs is 1. The van der Waals surface area contributed by atoms with Crippen molar-refractivity contribution in [1.29, 1.82) is 0 Å². The number of rotatable bonds is 8. The van der Waals surface area contributed by atoms with Crippen LogP contribution in [0.4, 0.5) is 17.5 Å². The molecule has 3 aromatic heterocycles. The first-order valence-corrected chi connectivity index (χ1v) is 11.7. The molecule has 9 nitrogen and oxygen atoms in total. The van der Waals surface area contributed by atoms with Crippen LogP contribution in [0.5, 0.6) is 0 Å². The van der Waals surface area contributed by atoms with E-state index in [9.17, 15) is 5.11 Å². The molecule has 0 radical (unpaired) electrons. The smallest absolute Gasteiger partial charge is 0.163 e. The first-order valence-electron chi connectivity index (χ1n) is 11.7. The van der Waals surface area contributed by atoms with Gasteiger partial charge in [0.1, 0.15) is 17.5 Å². The molecule has 1 saturated heterocycles. The highest BCUT2D eigenvalue weighted by Gasteiger charge is 2.23. The molecule has 4 N–H and O–H groups in total. The Kier molecular flexibility index (Phi) is 6.99. The molecule has 0 spiro atoms. The minimum absolute atomic E-state index is 0.00694. The number of piperidine rings is 1. The van der Waals surface area contributed by atoms with E-state index >= 15 is 0 Å². The summed E-state index contributed by atoms with van der Waals surface area (Å²) in [6, 6.07) is 6.07. The Morgan fingerprint density at radius 1 is 1.27 bits per heavy atom. The SMILES string of the molecule is CC(C)c1cnn2c(N[C@@H](C)c3cccnc3N(C)C)cc(NC[C@H]3CCNC[C@@H]3O)nc12. The second kappa shape index (κ2) is 9.93. The van der Waals surface area contributed by atoms with E-state index in [0.29, 0.717) is 19.0 Å². The minimum Gasteiger partial charge on any atom is -0.391 e. The Balaban J connectivity index is 1.65. The van der Waals surface area contributed by atoms with Crippen LogP contribution >= 0.6 is 0 Å². The van der Waals surface area contributed by atoms with Crippen molar-refractivity contribution in [1.82, 2.24) is 24.9 Å². The van der Waals surface area contributed by atoms with E-state index in [1.807, 2.05) is 48.0 Å². The number of nitrogens with one attached hydrogen (secondary N) is 3. The molecule has 0 saturated carbocycles. The molecule has 0 unspecified atom stereocenters. The van der Waals surface area contributed by atoms with Gasteiger partial charge in [-0.05, 0) is 31.9 Å². The summed E-state index contributed by atoms with van der Waals surface area (Å²) in [5.74, 6) is 3.09.